The lowest BCUT2D eigenvalue weighted by Crippen LogP contribution is -2.46. The zero-order chi connectivity index (χ0) is 23.0. The molecular weight excluding hydrogens is 418 g/mol. The van der Waals surface area contributed by atoms with Gasteiger partial charge in [-0.2, -0.15) is 0 Å². The molecule has 33 heavy (non-hydrogen) atoms. The summed E-state index contributed by atoms with van der Waals surface area (Å²) in [5.74, 6) is 1.75. The maximum atomic E-state index is 12.7. The fourth-order valence-electron chi connectivity index (χ4n) is 4.14. The third kappa shape index (κ3) is 6.18. The molecule has 2 aromatic carbocycles. The first-order valence-electron chi connectivity index (χ1n) is 11.9. The Balaban J connectivity index is 1.22. The van der Waals surface area contributed by atoms with E-state index in [9.17, 15) is 9.59 Å². The summed E-state index contributed by atoms with van der Waals surface area (Å²) in [5, 5.41) is 5.99. The van der Waals surface area contributed by atoms with Gasteiger partial charge in [-0.05, 0) is 49.6 Å². The van der Waals surface area contributed by atoms with Crippen molar-refractivity contribution in [2.45, 2.75) is 51.7 Å². The number of carbonyl (C=O) groups is 2. The van der Waals surface area contributed by atoms with Crippen molar-refractivity contribution in [2.24, 2.45) is 5.92 Å². The van der Waals surface area contributed by atoms with Crippen LogP contribution in [0.1, 0.15) is 44.6 Å². The molecule has 1 aliphatic carbocycles. The summed E-state index contributed by atoms with van der Waals surface area (Å²) in [5.41, 5.74) is 1.74. The maximum absolute atomic E-state index is 12.7. The molecular formula is C26H33N3O4. The number of hydrogen-bond acceptors (Lipinski definition) is 4. The van der Waals surface area contributed by atoms with Crippen LogP contribution >= 0.6 is 0 Å². The SMILES string of the molecule is CCOc1ccccc1OC1CCN(C(=O)NCc2cccc(NC(=O)C3CCC3)c2)CC1. The molecule has 7 nitrogen and oxygen atoms in total. The number of amides is 3. The Labute approximate surface area is 195 Å². The highest BCUT2D eigenvalue weighted by Gasteiger charge is 2.26. The van der Waals surface area contributed by atoms with Crippen LogP contribution in [0.3, 0.4) is 0 Å². The fraction of sp³-hybridized carbons (Fsp3) is 0.462. The lowest BCUT2D eigenvalue weighted by Gasteiger charge is -2.32. The molecule has 2 aliphatic rings. The Morgan fingerprint density at radius 2 is 1.76 bits per heavy atom. The van der Waals surface area contributed by atoms with Crippen molar-refractivity contribution in [3.8, 4) is 11.5 Å². The van der Waals surface area contributed by atoms with E-state index < -0.39 is 0 Å². The van der Waals surface area contributed by atoms with E-state index in [0.29, 0.717) is 26.2 Å². The molecule has 0 bridgehead atoms. The minimum absolute atomic E-state index is 0.0617. The van der Waals surface area contributed by atoms with Crippen LogP contribution in [0.2, 0.25) is 0 Å². The summed E-state index contributed by atoms with van der Waals surface area (Å²) in [6.07, 6.45) is 4.69. The average molecular weight is 452 g/mol. The van der Waals surface area contributed by atoms with Gasteiger partial charge in [0.25, 0.3) is 0 Å². The molecule has 0 unspecified atom stereocenters. The van der Waals surface area contributed by atoms with Crippen LogP contribution in [0.15, 0.2) is 48.5 Å². The van der Waals surface area contributed by atoms with Crippen molar-refractivity contribution in [2.75, 3.05) is 25.0 Å². The Bertz CT molecular complexity index is 952. The lowest BCUT2D eigenvalue weighted by molar-refractivity contribution is -0.122. The molecule has 1 saturated carbocycles. The molecule has 7 heteroatoms. The van der Waals surface area contributed by atoms with Crippen LogP contribution in [0.25, 0.3) is 0 Å². The van der Waals surface area contributed by atoms with Crippen LogP contribution in [0, 0.1) is 5.92 Å². The zero-order valence-corrected chi connectivity index (χ0v) is 19.2. The number of urea groups is 1. The predicted molar refractivity (Wildman–Crippen MR) is 127 cm³/mol. The van der Waals surface area contributed by atoms with Gasteiger partial charge in [0.05, 0.1) is 6.61 Å². The van der Waals surface area contributed by atoms with Crippen molar-refractivity contribution in [3.05, 3.63) is 54.1 Å². The van der Waals surface area contributed by atoms with E-state index in [1.165, 1.54) is 0 Å². The zero-order valence-electron chi connectivity index (χ0n) is 19.2. The van der Waals surface area contributed by atoms with Gasteiger partial charge in [-0.25, -0.2) is 4.79 Å². The van der Waals surface area contributed by atoms with Crippen LogP contribution < -0.4 is 20.1 Å². The van der Waals surface area contributed by atoms with Gasteiger partial charge in [-0.1, -0.05) is 30.7 Å². The minimum atomic E-state index is -0.0768. The normalized spacial score (nSPS) is 16.6. The van der Waals surface area contributed by atoms with Crippen LogP contribution in [-0.4, -0.2) is 42.6 Å². The van der Waals surface area contributed by atoms with Gasteiger partial charge >= 0.3 is 6.03 Å². The summed E-state index contributed by atoms with van der Waals surface area (Å²) in [4.78, 5) is 26.7. The molecule has 4 rings (SSSR count). The van der Waals surface area contributed by atoms with Crippen LogP contribution in [-0.2, 0) is 11.3 Å². The second-order valence-corrected chi connectivity index (χ2v) is 8.66. The Morgan fingerprint density at radius 1 is 1.00 bits per heavy atom. The maximum Gasteiger partial charge on any atom is 0.317 e. The van der Waals surface area contributed by atoms with E-state index in [1.54, 1.807) is 0 Å². The summed E-state index contributed by atoms with van der Waals surface area (Å²) in [6, 6.07) is 15.3. The average Bonchev–Trinajstić information content (AvgIpc) is 2.78. The second-order valence-electron chi connectivity index (χ2n) is 8.66. The first-order chi connectivity index (χ1) is 16.1. The fourth-order valence-corrected chi connectivity index (χ4v) is 4.14. The molecule has 0 aromatic heterocycles. The highest BCUT2D eigenvalue weighted by atomic mass is 16.5. The highest BCUT2D eigenvalue weighted by molar-refractivity contribution is 5.93. The Morgan fingerprint density at radius 3 is 2.45 bits per heavy atom. The minimum Gasteiger partial charge on any atom is -0.490 e. The van der Waals surface area contributed by atoms with Crippen LogP contribution in [0.4, 0.5) is 10.5 Å². The van der Waals surface area contributed by atoms with E-state index >= 15 is 0 Å². The molecule has 2 aromatic rings. The van der Waals surface area contributed by atoms with Crippen LogP contribution in [0.5, 0.6) is 11.5 Å². The topological polar surface area (TPSA) is 79.9 Å². The second kappa shape index (κ2) is 11.1. The van der Waals surface area contributed by atoms with E-state index in [1.807, 2.05) is 60.4 Å². The molecule has 2 N–H and O–H groups in total. The predicted octanol–water partition coefficient (Wildman–Crippen LogP) is 4.58. The molecule has 0 atom stereocenters. The van der Waals surface area contributed by atoms with Crippen molar-refractivity contribution in [1.82, 2.24) is 10.2 Å². The number of ether oxygens (including phenoxy) is 2. The lowest BCUT2D eigenvalue weighted by atomic mass is 9.85. The van der Waals surface area contributed by atoms with E-state index in [-0.39, 0.29) is 24.0 Å². The number of piperidine rings is 1. The number of nitrogens with zero attached hydrogens (tertiary/aromatic N) is 1. The monoisotopic (exact) mass is 451 g/mol. The van der Waals surface area contributed by atoms with E-state index in [2.05, 4.69) is 10.6 Å². The van der Waals surface area contributed by atoms with E-state index in [0.717, 1.165) is 54.9 Å². The largest absolute Gasteiger partial charge is 0.490 e. The number of para-hydroxylation sites is 2. The number of likely N-dealkylation sites (tertiary alicyclic amines) is 1. The molecule has 1 aliphatic heterocycles. The summed E-state index contributed by atoms with van der Waals surface area (Å²) in [6.45, 7) is 4.25. The smallest absolute Gasteiger partial charge is 0.317 e. The standard InChI is InChI=1S/C26H33N3O4/c1-2-32-23-11-3-4-12-24(23)33-22-13-15-29(16-14-22)26(31)27-18-19-7-5-10-21(17-19)28-25(30)20-8-6-9-20/h3-5,7,10-12,17,20,22H,2,6,8-9,13-16,18H2,1H3,(H,27,31)(H,28,30). The molecule has 0 spiro atoms. The Kier molecular flexibility index (Phi) is 7.70. The quantitative estimate of drug-likeness (QED) is 0.616. The van der Waals surface area contributed by atoms with Gasteiger partial charge in [-0.15, -0.1) is 0 Å². The number of nitrogens with one attached hydrogen (secondary N) is 2. The van der Waals surface area contributed by atoms with Gasteiger partial charge in [0.15, 0.2) is 11.5 Å². The third-order valence-corrected chi connectivity index (χ3v) is 6.29. The number of carbonyl (C=O) groups excluding carboxylic acids is 2. The van der Waals surface area contributed by atoms with Gasteiger partial charge in [0, 0.05) is 44.1 Å². The van der Waals surface area contributed by atoms with Gasteiger partial charge < -0.3 is 25.0 Å². The number of rotatable bonds is 8. The van der Waals surface area contributed by atoms with Crippen molar-refractivity contribution < 1.29 is 19.1 Å². The molecule has 0 radical (unpaired) electrons. The van der Waals surface area contributed by atoms with Crippen molar-refractivity contribution in [1.29, 1.82) is 0 Å². The molecule has 2 fully saturated rings. The van der Waals surface area contributed by atoms with Crippen molar-refractivity contribution >= 4 is 17.6 Å². The molecule has 3 amide bonds. The molecule has 1 heterocycles. The number of hydrogen-bond donors (Lipinski definition) is 2. The third-order valence-electron chi connectivity index (χ3n) is 6.29. The Hall–Kier alpha value is -3.22. The summed E-state index contributed by atoms with van der Waals surface area (Å²) in [7, 11) is 0. The number of benzene rings is 2. The number of anilines is 1. The van der Waals surface area contributed by atoms with E-state index in [4.69, 9.17) is 9.47 Å². The summed E-state index contributed by atoms with van der Waals surface area (Å²) >= 11 is 0. The van der Waals surface area contributed by atoms with Gasteiger partial charge in [-0.3, -0.25) is 4.79 Å². The van der Waals surface area contributed by atoms with Gasteiger partial charge in [0.1, 0.15) is 6.10 Å². The van der Waals surface area contributed by atoms with Gasteiger partial charge in [0.2, 0.25) is 5.91 Å². The first-order valence-corrected chi connectivity index (χ1v) is 11.9. The molecule has 1 saturated heterocycles. The highest BCUT2D eigenvalue weighted by Crippen LogP contribution is 2.30. The van der Waals surface area contributed by atoms with Crippen molar-refractivity contribution in [3.63, 3.8) is 0 Å². The molecule has 176 valence electrons. The summed E-state index contributed by atoms with van der Waals surface area (Å²) < 4.78 is 11.8. The first kappa shape index (κ1) is 23.0.